The summed E-state index contributed by atoms with van der Waals surface area (Å²) in [5.74, 6) is -1.95. The minimum absolute atomic E-state index is 0.113. The maximum Gasteiger partial charge on any atom is 0.573 e. The molecule has 0 aliphatic rings. The molecule has 0 amide bonds. The summed E-state index contributed by atoms with van der Waals surface area (Å²) in [6.45, 7) is -0.369. The van der Waals surface area contributed by atoms with E-state index in [4.69, 9.17) is 16.6 Å². The summed E-state index contributed by atoms with van der Waals surface area (Å²) in [6.07, 6.45) is -4.61. The Labute approximate surface area is 99.4 Å². The second kappa shape index (κ2) is 5.08. The summed E-state index contributed by atoms with van der Waals surface area (Å²) in [5, 5.41) is 8.60. The maximum atomic E-state index is 12.2. The van der Waals surface area contributed by atoms with Crippen molar-refractivity contribution in [2.75, 3.05) is 5.73 Å². The van der Waals surface area contributed by atoms with Gasteiger partial charge in [-0.05, 0) is 0 Å². The van der Waals surface area contributed by atoms with E-state index in [0.29, 0.717) is 0 Å². The lowest BCUT2D eigenvalue weighted by Crippen LogP contribution is -2.21. The van der Waals surface area contributed by atoms with Crippen LogP contribution in [0.3, 0.4) is 0 Å². The van der Waals surface area contributed by atoms with E-state index in [2.05, 4.69) is 9.72 Å². The van der Waals surface area contributed by atoms with E-state index >= 15 is 0 Å². The number of carboxylic acids is 1. The Balaban J connectivity index is 3.25. The summed E-state index contributed by atoms with van der Waals surface area (Å²) in [4.78, 5) is 14.2. The number of hydrogen-bond donors (Lipinski definition) is 3. The van der Waals surface area contributed by atoms with Crippen LogP contribution in [0.1, 0.15) is 11.3 Å². The molecule has 0 aliphatic heterocycles. The van der Waals surface area contributed by atoms with Gasteiger partial charge in [-0.3, -0.25) is 9.78 Å². The number of alkyl halides is 3. The standard InChI is InChI=1S/C9H10F3N3O3/c10-9(11,12)18-8-4(2-13)6(1-7(16)17)15-3-5(8)14/h3H,1-2,13-14H2,(H,16,17). The summed E-state index contributed by atoms with van der Waals surface area (Å²) in [5.41, 5.74) is 9.95. The summed E-state index contributed by atoms with van der Waals surface area (Å²) in [7, 11) is 0. The van der Waals surface area contributed by atoms with Crippen molar-refractivity contribution in [2.24, 2.45) is 5.73 Å². The van der Waals surface area contributed by atoms with Crippen molar-refractivity contribution in [2.45, 2.75) is 19.3 Å². The Morgan fingerprint density at radius 1 is 1.50 bits per heavy atom. The molecule has 0 spiro atoms. The number of pyridine rings is 1. The van der Waals surface area contributed by atoms with Crippen LogP contribution in [-0.2, 0) is 17.8 Å². The normalized spacial score (nSPS) is 11.3. The first-order chi connectivity index (χ1) is 8.24. The van der Waals surface area contributed by atoms with Crippen LogP contribution >= 0.6 is 0 Å². The van der Waals surface area contributed by atoms with Gasteiger partial charge in [0.25, 0.3) is 0 Å². The average Bonchev–Trinajstić information content (AvgIpc) is 2.20. The van der Waals surface area contributed by atoms with Gasteiger partial charge in [-0.1, -0.05) is 0 Å². The number of nitrogen functional groups attached to an aromatic ring is 1. The predicted octanol–water partition coefficient (Wildman–Crippen LogP) is 0.648. The highest BCUT2D eigenvalue weighted by Crippen LogP contribution is 2.33. The molecule has 0 aromatic carbocycles. The number of nitrogens with two attached hydrogens (primary N) is 2. The number of halogens is 3. The van der Waals surface area contributed by atoms with Crippen LogP contribution in [0.5, 0.6) is 5.75 Å². The van der Waals surface area contributed by atoms with Gasteiger partial charge in [0.05, 0.1) is 24.0 Å². The molecule has 0 saturated heterocycles. The molecular formula is C9H10F3N3O3. The zero-order valence-corrected chi connectivity index (χ0v) is 8.99. The van der Waals surface area contributed by atoms with E-state index < -0.39 is 24.5 Å². The van der Waals surface area contributed by atoms with Crippen LogP contribution < -0.4 is 16.2 Å². The average molecular weight is 265 g/mol. The number of hydrogen-bond acceptors (Lipinski definition) is 5. The van der Waals surface area contributed by atoms with Crippen LogP contribution in [0.4, 0.5) is 18.9 Å². The largest absolute Gasteiger partial charge is 0.573 e. The van der Waals surface area contributed by atoms with E-state index in [1.165, 1.54) is 0 Å². The summed E-state index contributed by atoms with van der Waals surface area (Å²) in [6, 6.07) is 0. The molecule has 1 aromatic heterocycles. The first-order valence-electron chi connectivity index (χ1n) is 4.68. The quantitative estimate of drug-likeness (QED) is 0.736. The third-order valence-electron chi connectivity index (χ3n) is 1.98. The van der Waals surface area contributed by atoms with Crippen molar-refractivity contribution < 1.29 is 27.8 Å². The Kier molecular flexibility index (Phi) is 3.96. The third kappa shape index (κ3) is 3.48. The van der Waals surface area contributed by atoms with Crippen molar-refractivity contribution in [3.05, 3.63) is 17.5 Å². The van der Waals surface area contributed by atoms with Gasteiger partial charge in [-0.25, -0.2) is 0 Å². The van der Waals surface area contributed by atoms with Crippen molar-refractivity contribution in [1.82, 2.24) is 4.98 Å². The number of carboxylic acid groups (broad SMARTS) is 1. The maximum absolute atomic E-state index is 12.2. The number of ether oxygens (including phenoxy) is 1. The molecule has 0 unspecified atom stereocenters. The van der Waals surface area contributed by atoms with Gasteiger partial charge in [0, 0.05) is 12.1 Å². The molecule has 100 valence electrons. The molecule has 6 nitrogen and oxygen atoms in total. The molecule has 1 heterocycles. The minimum Gasteiger partial charge on any atom is -0.481 e. The van der Waals surface area contributed by atoms with Gasteiger partial charge in [-0.15, -0.1) is 13.2 Å². The second-order valence-corrected chi connectivity index (χ2v) is 3.29. The van der Waals surface area contributed by atoms with Crippen molar-refractivity contribution in [1.29, 1.82) is 0 Å². The molecule has 0 fully saturated rings. The fourth-order valence-corrected chi connectivity index (χ4v) is 1.33. The molecule has 0 radical (unpaired) electrons. The summed E-state index contributed by atoms with van der Waals surface area (Å²) < 4.78 is 40.3. The Morgan fingerprint density at radius 3 is 2.56 bits per heavy atom. The number of nitrogens with zero attached hydrogens (tertiary/aromatic N) is 1. The van der Waals surface area contributed by atoms with Gasteiger partial charge in [0.15, 0.2) is 5.75 Å². The molecule has 9 heteroatoms. The van der Waals surface area contributed by atoms with Gasteiger partial charge >= 0.3 is 12.3 Å². The van der Waals surface area contributed by atoms with E-state index in [-0.39, 0.29) is 23.5 Å². The summed E-state index contributed by atoms with van der Waals surface area (Å²) >= 11 is 0. The Hall–Kier alpha value is -2.03. The van der Waals surface area contributed by atoms with Gasteiger partial charge in [0.1, 0.15) is 0 Å². The molecule has 0 bridgehead atoms. The first-order valence-corrected chi connectivity index (χ1v) is 4.68. The van der Waals surface area contributed by atoms with Gasteiger partial charge in [0.2, 0.25) is 0 Å². The highest BCUT2D eigenvalue weighted by molar-refractivity contribution is 5.71. The van der Waals surface area contributed by atoms with Crippen molar-refractivity contribution in [3.8, 4) is 5.75 Å². The lowest BCUT2D eigenvalue weighted by molar-refractivity contribution is -0.274. The molecule has 0 atom stereocenters. The van der Waals surface area contributed by atoms with Gasteiger partial charge in [-0.2, -0.15) is 0 Å². The molecule has 1 rings (SSSR count). The predicted molar refractivity (Wildman–Crippen MR) is 54.6 cm³/mol. The fourth-order valence-electron chi connectivity index (χ4n) is 1.33. The third-order valence-corrected chi connectivity index (χ3v) is 1.98. The number of carbonyl (C=O) groups is 1. The number of aromatic nitrogens is 1. The smallest absolute Gasteiger partial charge is 0.481 e. The first kappa shape index (κ1) is 14.0. The van der Waals surface area contributed by atoms with Crippen LogP contribution in [0.2, 0.25) is 0 Å². The van der Waals surface area contributed by atoms with Crippen LogP contribution in [0.25, 0.3) is 0 Å². The van der Waals surface area contributed by atoms with E-state index in [9.17, 15) is 18.0 Å². The van der Waals surface area contributed by atoms with E-state index in [1.807, 2.05) is 0 Å². The van der Waals surface area contributed by atoms with Gasteiger partial charge < -0.3 is 21.3 Å². The highest BCUT2D eigenvalue weighted by atomic mass is 19.4. The topological polar surface area (TPSA) is 111 Å². The second-order valence-electron chi connectivity index (χ2n) is 3.29. The fraction of sp³-hybridized carbons (Fsp3) is 0.333. The van der Waals surface area contributed by atoms with Crippen LogP contribution in [-0.4, -0.2) is 22.4 Å². The SMILES string of the molecule is NCc1c(CC(=O)O)ncc(N)c1OC(F)(F)F. The molecule has 0 saturated carbocycles. The van der Waals surface area contributed by atoms with E-state index in [1.54, 1.807) is 0 Å². The molecule has 18 heavy (non-hydrogen) atoms. The van der Waals surface area contributed by atoms with Crippen LogP contribution in [0.15, 0.2) is 6.20 Å². The lowest BCUT2D eigenvalue weighted by atomic mass is 10.1. The molecule has 1 aromatic rings. The van der Waals surface area contributed by atoms with Crippen molar-refractivity contribution >= 4 is 11.7 Å². The minimum atomic E-state index is -4.94. The van der Waals surface area contributed by atoms with Crippen LogP contribution in [0, 0.1) is 0 Å². The Bertz CT molecular complexity index is 462. The number of aliphatic carboxylic acids is 1. The molecular weight excluding hydrogens is 255 g/mol. The zero-order valence-electron chi connectivity index (χ0n) is 8.99. The lowest BCUT2D eigenvalue weighted by Gasteiger charge is -2.16. The number of anilines is 1. The number of rotatable bonds is 4. The Morgan fingerprint density at radius 2 is 2.11 bits per heavy atom. The molecule has 0 aliphatic carbocycles. The van der Waals surface area contributed by atoms with Crippen molar-refractivity contribution in [3.63, 3.8) is 0 Å². The van der Waals surface area contributed by atoms with E-state index in [0.717, 1.165) is 6.20 Å². The highest BCUT2D eigenvalue weighted by Gasteiger charge is 2.33. The zero-order chi connectivity index (χ0) is 13.9. The molecule has 5 N–H and O–H groups in total. The monoisotopic (exact) mass is 265 g/mol.